The van der Waals surface area contributed by atoms with E-state index in [1.807, 2.05) is 42.5 Å². The lowest BCUT2D eigenvalue weighted by Gasteiger charge is -2.13. The minimum Gasteiger partial charge on any atom is -0.342 e. The minimum absolute atomic E-state index is 0.119. The number of fused-ring (bicyclic) bond motifs is 1. The second-order valence-corrected chi connectivity index (χ2v) is 8.49. The highest BCUT2D eigenvalue weighted by Crippen LogP contribution is 2.19. The lowest BCUT2D eigenvalue weighted by molar-refractivity contribution is -0.129. The molecule has 1 saturated heterocycles. The molecule has 0 spiro atoms. The Morgan fingerprint density at radius 3 is 2.69 bits per heavy atom. The van der Waals surface area contributed by atoms with E-state index in [1.54, 1.807) is 6.07 Å². The molecule has 1 aliphatic heterocycles. The second kappa shape index (κ2) is 9.21. The number of H-pyrrole nitrogens is 1. The van der Waals surface area contributed by atoms with E-state index in [0.717, 1.165) is 28.8 Å². The van der Waals surface area contributed by atoms with E-state index in [0.29, 0.717) is 18.0 Å². The molecule has 1 fully saturated rings. The van der Waals surface area contributed by atoms with Gasteiger partial charge in [-0.1, -0.05) is 44.2 Å². The van der Waals surface area contributed by atoms with Crippen LogP contribution >= 0.6 is 0 Å². The molecule has 1 aliphatic rings. The SMILES string of the molecule is CC(C)Cc1nc2ccc(NC(=O)C[C@@H]3NC(=O)N(CCc4ccccc4)C3=O)cc2[nH]1. The third-order valence-corrected chi connectivity index (χ3v) is 5.38. The van der Waals surface area contributed by atoms with Gasteiger partial charge >= 0.3 is 6.03 Å². The molecule has 4 amide bonds. The first-order valence-electron chi connectivity index (χ1n) is 10.8. The first-order chi connectivity index (χ1) is 15.4. The zero-order valence-electron chi connectivity index (χ0n) is 18.2. The predicted octanol–water partition coefficient (Wildman–Crippen LogP) is 3.25. The number of anilines is 1. The van der Waals surface area contributed by atoms with Gasteiger partial charge in [-0.15, -0.1) is 0 Å². The van der Waals surface area contributed by atoms with E-state index in [-0.39, 0.29) is 24.8 Å². The molecule has 2 aromatic carbocycles. The lowest BCUT2D eigenvalue weighted by atomic mass is 10.1. The second-order valence-electron chi connectivity index (χ2n) is 8.49. The highest BCUT2D eigenvalue weighted by Gasteiger charge is 2.38. The van der Waals surface area contributed by atoms with Crippen LogP contribution in [0.25, 0.3) is 11.0 Å². The zero-order valence-corrected chi connectivity index (χ0v) is 18.2. The molecule has 8 heteroatoms. The van der Waals surface area contributed by atoms with Gasteiger partial charge in [-0.05, 0) is 36.1 Å². The molecule has 0 aliphatic carbocycles. The summed E-state index contributed by atoms with van der Waals surface area (Å²) in [6, 6.07) is 13.8. The molecule has 2 heterocycles. The summed E-state index contributed by atoms with van der Waals surface area (Å²) in [6.45, 7) is 4.54. The van der Waals surface area contributed by atoms with Crippen LogP contribution in [0, 0.1) is 5.92 Å². The van der Waals surface area contributed by atoms with Gasteiger partial charge in [0.15, 0.2) is 0 Å². The number of hydrogen-bond acceptors (Lipinski definition) is 4. The predicted molar refractivity (Wildman–Crippen MR) is 122 cm³/mol. The minimum atomic E-state index is -0.855. The topological polar surface area (TPSA) is 107 Å². The maximum atomic E-state index is 12.6. The van der Waals surface area contributed by atoms with Crippen LogP contribution in [-0.4, -0.2) is 45.3 Å². The van der Waals surface area contributed by atoms with Crippen molar-refractivity contribution in [2.45, 2.75) is 39.2 Å². The Morgan fingerprint density at radius 2 is 1.94 bits per heavy atom. The van der Waals surface area contributed by atoms with E-state index < -0.39 is 12.1 Å². The molecule has 0 saturated carbocycles. The fourth-order valence-corrected chi connectivity index (χ4v) is 3.83. The Hall–Kier alpha value is -3.68. The smallest absolute Gasteiger partial charge is 0.324 e. The Kier molecular flexibility index (Phi) is 6.20. The van der Waals surface area contributed by atoms with E-state index >= 15 is 0 Å². The molecule has 3 N–H and O–H groups in total. The quantitative estimate of drug-likeness (QED) is 0.474. The van der Waals surface area contributed by atoms with Crippen molar-refractivity contribution in [3.63, 3.8) is 0 Å². The molecule has 32 heavy (non-hydrogen) atoms. The molecule has 0 radical (unpaired) electrons. The average Bonchev–Trinajstić information content (AvgIpc) is 3.26. The van der Waals surface area contributed by atoms with Crippen LogP contribution in [0.4, 0.5) is 10.5 Å². The number of imide groups is 1. The summed E-state index contributed by atoms with van der Waals surface area (Å²) in [7, 11) is 0. The van der Waals surface area contributed by atoms with Gasteiger partial charge in [0.2, 0.25) is 5.91 Å². The molecule has 0 bridgehead atoms. The van der Waals surface area contributed by atoms with Crippen LogP contribution in [0.1, 0.15) is 31.7 Å². The number of urea groups is 1. The summed E-state index contributed by atoms with van der Waals surface area (Å²) in [5.41, 5.74) is 3.33. The number of aromatic nitrogens is 2. The van der Waals surface area contributed by atoms with Gasteiger partial charge in [0.1, 0.15) is 11.9 Å². The average molecular weight is 434 g/mol. The van der Waals surface area contributed by atoms with Crippen molar-refractivity contribution in [1.82, 2.24) is 20.2 Å². The Bertz CT molecular complexity index is 1140. The van der Waals surface area contributed by atoms with E-state index in [1.165, 1.54) is 4.90 Å². The summed E-state index contributed by atoms with van der Waals surface area (Å²) in [5, 5.41) is 5.43. The van der Waals surface area contributed by atoms with Crippen molar-refractivity contribution in [3.05, 3.63) is 59.9 Å². The Labute approximate surface area is 186 Å². The van der Waals surface area contributed by atoms with Crippen LogP contribution < -0.4 is 10.6 Å². The van der Waals surface area contributed by atoms with Gasteiger partial charge in [-0.25, -0.2) is 9.78 Å². The number of nitrogens with zero attached hydrogens (tertiary/aromatic N) is 2. The van der Waals surface area contributed by atoms with Crippen molar-refractivity contribution >= 4 is 34.6 Å². The largest absolute Gasteiger partial charge is 0.342 e. The van der Waals surface area contributed by atoms with Crippen LogP contribution in [0.2, 0.25) is 0 Å². The summed E-state index contributed by atoms with van der Waals surface area (Å²) >= 11 is 0. The van der Waals surface area contributed by atoms with Gasteiger partial charge in [-0.2, -0.15) is 0 Å². The van der Waals surface area contributed by atoms with Crippen LogP contribution in [-0.2, 0) is 22.4 Å². The highest BCUT2D eigenvalue weighted by atomic mass is 16.2. The van der Waals surface area contributed by atoms with Crippen LogP contribution in [0.15, 0.2) is 48.5 Å². The number of carbonyl (C=O) groups is 3. The maximum Gasteiger partial charge on any atom is 0.324 e. The van der Waals surface area contributed by atoms with Gasteiger partial charge in [0.05, 0.1) is 17.5 Å². The zero-order chi connectivity index (χ0) is 22.7. The number of benzene rings is 2. The number of imidazole rings is 1. The fraction of sp³-hybridized carbons (Fsp3) is 0.333. The third kappa shape index (κ3) is 4.96. The normalized spacial score (nSPS) is 16.1. The first kappa shape index (κ1) is 21.5. The van der Waals surface area contributed by atoms with Gasteiger partial charge in [0, 0.05) is 18.7 Å². The van der Waals surface area contributed by atoms with Crippen molar-refractivity contribution in [2.24, 2.45) is 5.92 Å². The standard InChI is InChI=1S/C24H27N5O3/c1-15(2)12-21-26-18-9-8-17(13-19(18)27-21)25-22(30)14-20-23(31)29(24(32)28-20)11-10-16-6-4-3-5-7-16/h3-9,13,15,20H,10-12,14H2,1-2H3,(H,25,30)(H,26,27)(H,28,32)/t20-/m0/s1. The van der Waals surface area contributed by atoms with Crippen molar-refractivity contribution < 1.29 is 14.4 Å². The monoisotopic (exact) mass is 433 g/mol. The molecule has 166 valence electrons. The number of hydrogen-bond donors (Lipinski definition) is 3. The number of rotatable bonds is 8. The van der Waals surface area contributed by atoms with Gasteiger partial charge in [-0.3, -0.25) is 14.5 Å². The van der Waals surface area contributed by atoms with E-state index in [2.05, 4.69) is 34.4 Å². The molecule has 4 rings (SSSR count). The molecule has 1 atom stereocenters. The van der Waals surface area contributed by atoms with Crippen LogP contribution in [0.5, 0.6) is 0 Å². The maximum absolute atomic E-state index is 12.6. The Morgan fingerprint density at radius 1 is 1.16 bits per heavy atom. The first-order valence-corrected chi connectivity index (χ1v) is 10.8. The van der Waals surface area contributed by atoms with E-state index in [9.17, 15) is 14.4 Å². The summed E-state index contributed by atoms with van der Waals surface area (Å²) in [4.78, 5) is 46.4. The fourth-order valence-electron chi connectivity index (χ4n) is 3.83. The van der Waals surface area contributed by atoms with Crippen molar-refractivity contribution in [3.8, 4) is 0 Å². The van der Waals surface area contributed by atoms with Crippen LogP contribution in [0.3, 0.4) is 0 Å². The lowest BCUT2D eigenvalue weighted by Crippen LogP contribution is -2.34. The summed E-state index contributed by atoms with van der Waals surface area (Å²) in [6.07, 6.45) is 1.30. The molecule has 0 unspecified atom stereocenters. The van der Waals surface area contributed by atoms with Crippen molar-refractivity contribution in [2.75, 3.05) is 11.9 Å². The van der Waals surface area contributed by atoms with Gasteiger partial charge < -0.3 is 15.6 Å². The summed E-state index contributed by atoms with van der Waals surface area (Å²) < 4.78 is 0. The molecule has 3 aromatic rings. The third-order valence-electron chi connectivity index (χ3n) is 5.38. The molecule has 1 aromatic heterocycles. The number of carbonyl (C=O) groups excluding carboxylic acids is 3. The number of nitrogens with one attached hydrogen (secondary N) is 3. The highest BCUT2D eigenvalue weighted by molar-refractivity contribution is 6.07. The number of amides is 4. The van der Waals surface area contributed by atoms with E-state index in [4.69, 9.17) is 0 Å². The van der Waals surface area contributed by atoms with Gasteiger partial charge in [0.25, 0.3) is 5.91 Å². The Balaban J connectivity index is 1.34. The number of aromatic amines is 1. The van der Waals surface area contributed by atoms with Crippen molar-refractivity contribution in [1.29, 1.82) is 0 Å². The molecule has 8 nitrogen and oxygen atoms in total. The molecular formula is C24H27N5O3. The molecular weight excluding hydrogens is 406 g/mol. The summed E-state index contributed by atoms with van der Waals surface area (Å²) in [5.74, 6) is 0.688.